The monoisotopic (exact) mass is 526 g/mol. The molecule has 4 aliphatic rings. The summed E-state index contributed by atoms with van der Waals surface area (Å²) in [5, 5.41) is 25.1. The van der Waals surface area contributed by atoms with E-state index in [0.29, 0.717) is 16.8 Å². The summed E-state index contributed by atoms with van der Waals surface area (Å²) < 4.78 is 13.4. The van der Waals surface area contributed by atoms with Gasteiger partial charge in [0, 0.05) is 12.6 Å². The molecule has 0 saturated heterocycles. The number of benzene rings is 3. The predicted molar refractivity (Wildman–Crippen MR) is 150 cm³/mol. The SMILES string of the molecule is O=C(O)c1ccc(-c2ccc(F)cc2)cc1C=Cc1ccc(NCC23CC4CC(CC(C4)C2)C3)c([N+](=O)[O-])c1. The summed E-state index contributed by atoms with van der Waals surface area (Å²) in [6.07, 6.45) is 11.1. The van der Waals surface area contributed by atoms with Crippen LogP contribution >= 0.6 is 0 Å². The minimum atomic E-state index is -1.07. The number of nitro benzene ring substituents is 1. The molecule has 0 heterocycles. The Balaban J connectivity index is 1.23. The van der Waals surface area contributed by atoms with Gasteiger partial charge in [0.1, 0.15) is 11.5 Å². The van der Waals surface area contributed by atoms with Crippen LogP contribution in [0.3, 0.4) is 0 Å². The number of carboxylic acid groups (broad SMARTS) is 1. The van der Waals surface area contributed by atoms with E-state index in [1.807, 2.05) is 6.07 Å². The molecule has 4 saturated carbocycles. The van der Waals surface area contributed by atoms with Crippen LogP contribution in [0.5, 0.6) is 0 Å². The molecule has 0 aromatic heterocycles. The first-order valence-electron chi connectivity index (χ1n) is 13.6. The van der Waals surface area contributed by atoms with Crippen LogP contribution in [0, 0.1) is 39.1 Å². The first-order chi connectivity index (χ1) is 18.8. The van der Waals surface area contributed by atoms with E-state index in [2.05, 4.69) is 5.32 Å². The van der Waals surface area contributed by atoms with Crippen molar-refractivity contribution in [2.24, 2.45) is 23.2 Å². The van der Waals surface area contributed by atoms with E-state index in [0.717, 1.165) is 35.4 Å². The summed E-state index contributed by atoms with van der Waals surface area (Å²) in [4.78, 5) is 23.4. The molecule has 3 aromatic carbocycles. The van der Waals surface area contributed by atoms with Crippen LogP contribution in [-0.2, 0) is 0 Å². The molecule has 0 atom stereocenters. The molecule has 0 amide bonds. The van der Waals surface area contributed by atoms with Gasteiger partial charge in [0.15, 0.2) is 0 Å². The third-order valence-electron chi connectivity index (χ3n) is 8.95. The van der Waals surface area contributed by atoms with Gasteiger partial charge in [-0.2, -0.15) is 0 Å². The van der Waals surface area contributed by atoms with Gasteiger partial charge < -0.3 is 10.4 Å². The van der Waals surface area contributed by atoms with Crippen LogP contribution in [0.2, 0.25) is 0 Å². The number of hydrogen-bond acceptors (Lipinski definition) is 4. The van der Waals surface area contributed by atoms with Gasteiger partial charge in [-0.3, -0.25) is 10.1 Å². The van der Waals surface area contributed by atoms with Crippen LogP contribution in [0.1, 0.15) is 60.0 Å². The zero-order valence-corrected chi connectivity index (χ0v) is 21.6. The van der Waals surface area contributed by atoms with E-state index < -0.39 is 5.97 Å². The second-order valence-corrected chi connectivity index (χ2v) is 11.8. The zero-order chi connectivity index (χ0) is 27.1. The Bertz CT molecular complexity index is 1430. The number of anilines is 1. The zero-order valence-electron chi connectivity index (χ0n) is 21.6. The molecule has 7 heteroatoms. The molecule has 0 unspecified atom stereocenters. The summed E-state index contributed by atoms with van der Waals surface area (Å²) in [6, 6.07) is 16.0. The molecular formula is C32H31FN2O4. The van der Waals surface area contributed by atoms with Gasteiger partial charge in [-0.25, -0.2) is 9.18 Å². The largest absolute Gasteiger partial charge is 0.478 e. The fourth-order valence-corrected chi connectivity index (χ4v) is 7.65. The average Bonchev–Trinajstić information content (AvgIpc) is 2.90. The van der Waals surface area contributed by atoms with Crippen molar-refractivity contribution < 1.29 is 19.2 Å². The van der Waals surface area contributed by atoms with Crippen LogP contribution in [0.15, 0.2) is 60.7 Å². The van der Waals surface area contributed by atoms with Gasteiger partial charge in [0.25, 0.3) is 5.69 Å². The standard InChI is InChI=1S/C32H31FN2O4/c33-27-7-4-24(5-8-27)25-6-9-28(31(36)37)26(15-25)3-1-20-2-10-29(30(14-20)35(38)39)34-19-32-16-21-11-22(17-32)13-23(12-21)18-32/h1-10,14-15,21-23,34H,11-13,16-19H2,(H,36,37). The molecule has 39 heavy (non-hydrogen) atoms. The summed E-state index contributed by atoms with van der Waals surface area (Å²) >= 11 is 0. The lowest BCUT2D eigenvalue weighted by atomic mass is 9.49. The molecule has 2 N–H and O–H groups in total. The molecular weight excluding hydrogens is 495 g/mol. The maximum atomic E-state index is 13.4. The van der Waals surface area contributed by atoms with Crippen molar-refractivity contribution >= 4 is 29.5 Å². The molecule has 6 nitrogen and oxygen atoms in total. The number of carbonyl (C=O) groups is 1. The third-order valence-corrected chi connectivity index (χ3v) is 8.95. The van der Waals surface area contributed by atoms with Gasteiger partial charge in [-0.05, 0) is 114 Å². The number of nitrogens with one attached hydrogen (secondary N) is 1. The summed E-state index contributed by atoms with van der Waals surface area (Å²) in [5.74, 6) is 1.03. The fraction of sp³-hybridized carbons (Fsp3) is 0.344. The molecule has 0 aliphatic heterocycles. The molecule has 0 spiro atoms. The topological polar surface area (TPSA) is 92.5 Å². The molecule has 0 radical (unpaired) electrons. The smallest absolute Gasteiger partial charge is 0.336 e. The highest BCUT2D eigenvalue weighted by Gasteiger charge is 2.50. The van der Waals surface area contributed by atoms with Gasteiger partial charge in [-0.1, -0.05) is 36.4 Å². The maximum Gasteiger partial charge on any atom is 0.336 e. The Morgan fingerprint density at radius 2 is 1.59 bits per heavy atom. The minimum absolute atomic E-state index is 0.0143. The number of nitrogens with zero attached hydrogens (tertiary/aromatic N) is 1. The number of carboxylic acids is 1. The van der Waals surface area contributed by atoms with Crippen LogP contribution < -0.4 is 5.32 Å². The highest BCUT2D eigenvalue weighted by molar-refractivity contribution is 5.94. The van der Waals surface area contributed by atoms with Gasteiger partial charge in [-0.15, -0.1) is 0 Å². The number of aromatic carboxylic acids is 1. The number of rotatable bonds is 8. The number of nitro groups is 1. The summed E-state index contributed by atoms with van der Waals surface area (Å²) in [7, 11) is 0. The van der Waals surface area contributed by atoms with Gasteiger partial charge in [0.05, 0.1) is 10.5 Å². The Hall–Kier alpha value is -4.00. The lowest BCUT2D eigenvalue weighted by molar-refractivity contribution is -0.384. The average molecular weight is 527 g/mol. The van der Waals surface area contributed by atoms with Gasteiger partial charge >= 0.3 is 5.97 Å². The number of hydrogen-bond donors (Lipinski definition) is 2. The van der Waals surface area contributed by atoms with Crippen LogP contribution in [0.25, 0.3) is 23.3 Å². The Kier molecular flexibility index (Phi) is 6.45. The molecule has 4 fully saturated rings. The van der Waals surface area contributed by atoms with Crippen molar-refractivity contribution in [3.05, 3.63) is 93.3 Å². The lowest BCUT2D eigenvalue weighted by Gasteiger charge is -2.57. The Labute approximate surface area is 226 Å². The molecule has 200 valence electrons. The van der Waals surface area contributed by atoms with E-state index in [4.69, 9.17) is 0 Å². The van der Waals surface area contributed by atoms with E-state index in [-0.39, 0.29) is 27.4 Å². The highest BCUT2D eigenvalue weighted by atomic mass is 19.1. The molecule has 4 bridgehead atoms. The second-order valence-electron chi connectivity index (χ2n) is 11.8. The first-order valence-corrected chi connectivity index (χ1v) is 13.6. The van der Waals surface area contributed by atoms with Crippen molar-refractivity contribution in [1.29, 1.82) is 0 Å². The van der Waals surface area contributed by atoms with Crippen molar-refractivity contribution in [2.75, 3.05) is 11.9 Å². The van der Waals surface area contributed by atoms with Crippen LogP contribution in [-0.4, -0.2) is 22.5 Å². The molecule has 4 aliphatic carbocycles. The van der Waals surface area contributed by atoms with Gasteiger partial charge in [0.2, 0.25) is 0 Å². The molecule has 7 rings (SSSR count). The third kappa shape index (κ3) is 5.18. The van der Waals surface area contributed by atoms with Crippen LogP contribution in [0.4, 0.5) is 15.8 Å². The summed E-state index contributed by atoms with van der Waals surface area (Å²) in [5.41, 5.74) is 3.46. The lowest BCUT2D eigenvalue weighted by Crippen LogP contribution is -2.49. The van der Waals surface area contributed by atoms with Crippen molar-refractivity contribution in [1.82, 2.24) is 0 Å². The maximum absolute atomic E-state index is 13.4. The fourth-order valence-electron chi connectivity index (χ4n) is 7.65. The van der Waals surface area contributed by atoms with E-state index in [9.17, 15) is 24.4 Å². The van der Waals surface area contributed by atoms with E-state index in [1.165, 1.54) is 62.8 Å². The minimum Gasteiger partial charge on any atom is -0.478 e. The summed E-state index contributed by atoms with van der Waals surface area (Å²) in [6.45, 7) is 0.769. The predicted octanol–water partition coefficient (Wildman–Crippen LogP) is 7.90. The van der Waals surface area contributed by atoms with E-state index in [1.54, 1.807) is 42.5 Å². The Morgan fingerprint density at radius 3 is 2.21 bits per heavy atom. The normalized spacial score (nSPS) is 25.2. The molecule has 3 aromatic rings. The van der Waals surface area contributed by atoms with Crippen molar-refractivity contribution in [3.63, 3.8) is 0 Å². The second kappa shape index (κ2) is 9.95. The van der Waals surface area contributed by atoms with Crippen molar-refractivity contribution in [2.45, 2.75) is 38.5 Å². The van der Waals surface area contributed by atoms with E-state index >= 15 is 0 Å². The number of halogens is 1. The first kappa shape index (κ1) is 25.3. The quantitative estimate of drug-likeness (QED) is 0.177. The highest BCUT2D eigenvalue weighted by Crippen LogP contribution is 2.60. The Morgan fingerprint density at radius 1 is 0.949 bits per heavy atom. The van der Waals surface area contributed by atoms with Crippen molar-refractivity contribution in [3.8, 4) is 11.1 Å².